The first-order valence-corrected chi connectivity index (χ1v) is 6.32. The van der Waals surface area contributed by atoms with Crippen molar-refractivity contribution in [3.63, 3.8) is 0 Å². The Morgan fingerprint density at radius 1 is 1.39 bits per heavy atom. The average Bonchev–Trinajstić information content (AvgIpc) is 2.27. The van der Waals surface area contributed by atoms with Gasteiger partial charge >= 0.3 is 0 Å². The van der Waals surface area contributed by atoms with E-state index in [4.69, 9.17) is 4.74 Å². The highest BCUT2D eigenvalue weighted by atomic mass is 19.1. The van der Waals surface area contributed by atoms with Gasteiger partial charge in [-0.3, -0.25) is 0 Å². The molecule has 1 heterocycles. The second kappa shape index (κ2) is 5.24. The molecule has 0 amide bonds. The highest BCUT2D eigenvalue weighted by Crippen LogP contribution is 2.28. The van der Waals surface area contributed by atoms with E-state index in [2.05, 4.69) is 24.1 Å². The maximum atomic E-state index is 13.7. The van der Waals surface area contributed by atoms with Crippen LogP contribution in [0, 0.1) is 5.82 Å². The van der Waals surface area contributed by atoms with Crippen molar-refractivity contribution in [1.29, 1.82) is 0 Å². The van der Waals surface area contributed by atoms with Crippen molar-refractivity contribution in [2.24, 2.45) is 0 Å². The first-order chi connectivity index (χ1) is 8.53. The van der Waals surface area contributed by atoms with Gasteiger partial charge in [-0.15, -0.1) is 0 Å². The molecule has 4 heteroatoms. The lowest BCUT2D eigenvalue weighted by atomic mass is 10.0. The van der Waals surface area contributed by atoms with E-state index in [1.54, 1.807) is 12.1 Å². The Bertz CT molecular complexity index is 420. The maximum absolute atomic E-state index is 13.7. The largest absolute Gasteiger partial charge is 0.377 e. The fraction of sp³-hybridized carbons (Fsp3) is 0.571. The van der Waals surface area contributed by atoms with E-state index in [0.717, 1.165) is 17.8 Å². The van der Waals surface area contributed by atoms with Gasteiger partial charge in [0.25, 0.3) is 0 Å². The van der Waals surface area contributed by atoms with Crippen LogP contribution in [-0.4, -0.2) is 32.3 Å². The zero-order valence-corrected chi connectivity index (χ0v) is 11.3. The van der Waals surface area contributed by atoms with Crippen LogP contribution in [0.15, 0.2) is 18.2 Å². The van der Waals surface area contributed by atoms with Gasteiger partial charge in [0.15, 0.2) is 0 Å². The lowest BCUT2D eigenvalue weighted by Gasteiger charge is -2.44. The third kappa shape index (κ3) is 2.82. The lowest BCUT2D eigenvalue weighted by Crippen LogP contribution is -2.53. The van der Waals surface area contributed by atoms with Crippen molar-refractivity contribution in [3.8, 4) is 0 Å². The summed E-state index contributed by atoms with van der Waals surface area (Å²) >= 11 is 0. The molecule has 3 nitrogen and oxygen atoms in total. The van der Waals surface area contributed by atoms with Gasteiger partial charge in [-0.2, -0.15) is 0 Å². The number of nitrogens with zero attached hydrogens (tertiary/aromatic N) is 1. The van der Waals surface area contributed by atoms with Gasteiger partial charge in [0, 0.05) is 18.8 Å². The van der Waals surface area contributed by atoms with Crippen LogP contribution in [0.5, 0.6) is 0 Å². The molecular formula is C14H21FN2O. The topological polar surface area (TPSA) is 24.5 Å². The summed E-state index contributed by atoms with van der Waals surface area (Å²) in [4.78, 5) is 2.22. The third-order valence-corrected chi connectivity index (χ3v) is 3.28. The highest BCUT2D eigenvalue weighted by Gasteiger charge is 2.30. The van der Waals surface area contributed by atoms with Crippen molar-refractivity contribution in [2.75, 3.05) is 31.7 Å². The summed E-state index contributed by atoms with van der Waals surface area (Å²) in [6, 6.07) is 5.23. The fourth-order valence-electron chi connectivity index (χ4n) is 2.43. The first-order valence-electron chi connectivity index (χ1n) is 6.32. The predicted molar refractivity (Wildman–Crippen MR) is 71.4 cm³/mol. The Hall–Kier alpha value is -1.13. The van der Waals surface area contributed by atoms with Crippen molar-refractivity contribution in [1.82, 2.24) is 5.32 Å². The first kappa shape index (κ1) is 13.3. The Labute approximate surface area is 108 Å². The maximum Gasteiger partial charge on any atom is 0.125 e. The molecule has 1 aromatic carbocycles. The number of hydrogen-bond donors (Lipinski definition) is 1. The summed E-state index contributed by atoms with van der Waals surface area (Å²) in [6.07, 6.45) is 0. The van der Waals surface area contributed by atoms with E-state index in [0.29, 0.717) is 19.8 Å². The number of anilines is 1. The minimum absolute atomic E-state index is 0.0943. The third-order valence-electron chi connectivity index (χ3n) is 3.28. The number of nitrogens with one attached hydrogen (secondary N) is 1. The van der Waals surface area contributed by atoms with Gasteiger partial charge in [0.1, 0.15) is 5.82 Å². The Morgan fingerprint density at radius 2 is 2.17 bits per heavy atom. The van der Waals surface area contributed by atoms with Gasteiger partial charge in [-0.25, -0.2) is 4.39 Å². The summed E-state index contributed by atoms with van der Waals surface area (Å²) < 4.78 is 19.2. The molecule has 0 atom stereocenters. The van der Waals surface area contributed by atoms with Crippen molar-refractivity contribution >= 4 is 5.69 Å². The van der Waals surface area contributed by atoms with Gasteiger partial charge in [-0.1, -0.05) is 0 Å². The zero-order chi connectivity index (χ0) is 13.2. The molecule has 0 spiro atoms. The average molecular weight is 252 g/mol. The highest BCUT2D eigenvalue weighted by molar-refractivity contribution is 5.51. The molecule has 1 aliphatic heterocycles. The molecule has 1 aromatic rings. The molecule has 100 valence electrons. The van der Waals surface area contributed by atoms with Gasteiger partial charge in [-0.05, 0) is 44.7 Å². The fourth-order valence-corrected chi connectivity index (χ4v) is 2.43. The van der Waals surface area contributed by atoms with E-state index in [1.807, 2.05) is 13.1 Å². The molecule has 2 rings (SSSR count). The number of morpholine rings is 1. The van der Waals surface area contributed by atoms with Crippen LogP contribution in [0.1, 0.15) is 19.4 Å². The molecule has 0 unspecified atom stereocenters. The number of benzene rings is 1. The summed E-state index contributed by atoms with van der Waals surface area (Å²) in [6.45, 7) is 7.08. The summed E-state index contributed by atoms with van der Waals surface area (Å²) in [7, 11) is 1.86. The molecule has 1 aliphatic rings. The summed E-state index contributed by atoms with van der Waals surface area (Å²) in [5.41, 5.74) is 1.81. The van der Waals surface area contributed by atoms with Crippen LogP contribution < -0.4 is 10.2 Å². The predicted octanol–water partition coefficient (Wildman–Crippen LogP) is 2.16. The van der Waals surface area contributed by atoms with Crippen LogP contribution in [0.25, 0.3) is 0 Å². The molecule has 18 heavy (non-hydrogen) atoms. The van der Waals surface area contributed by atoms with Crippen LogP contribution in [0.3, 0.4) is 0 Å². The normalized spacial score (nSPS) is 19.0. The molecule has 0 bridgehead atoms. The molecule has 1 saturated heterocycles. The molecule has 1 N–H and O–H groups in total. The SMILES string of the molecule is CNCc1cc(F)cc(N2CCOCC2(C)C)c1. The smallest absolute Gasteiger partial charge is 0.125 e. The van der Waals surface area contributed by atoms with E-state index < -0.39 is 0 Å². The molecule has 0 aromatic heterocycles. The summed E-state index contributed by atoms with van der Waals surface area (Å²) in [5.74, 6) is -0.181. The zero-order valence-electron chi connectivity index (χ0n) is 11.3. The van der Waals surface area contributed by atoms with Gasteiger partial charge < -0.3 is 15.0 Å². The van der Waals surface area contributed by atoms with Crippen molar-refractivity contribution in [2.45, 2.75) is 25.9 Å². The number of halogens is 1. The standard InChI is InChI=1S/C14H21FN2O/c1-14(2)10-18-5-4-17(14)13-7-11(9-16-3)6-12(15)8-13/h6-8,16H,4-5,9-10H2,1-3H3. The van der Waals surface area contributed by atoms with E-state index in [-0.39, 0.29) is 11.4 Å². The number of ether oxygens (including phenoxy) is 1. The molecule has 1 fully saturated rings. The second-order valence-corrected chi connectivity index (χ2v) is 5.36. The van der Waals surface area contributed by atoms with E-state index >= 15 is 0 Å². The van der Waals surface area contributed by atoms with Gasteiger partial charge in [0.05, 0.1) is 18.8 Å². The van der Waals surface area contributed by atoms with Gasteiger partial charge in [0.2, 0.25) is 0 Å². The molecule has 0 aliphatic carbocycles. The van der Waals surface area contributed by atoms with Crippen LogP contribution in [-0.2, 0) is 11.3 Å². The lowest BCUT2D eigenvalue weighted by molar-refractivity contribution is 0.0643. The number of rotatable bonds is 3. The van der Waals surface area contributed by atoms with Crippen molar-refractivity contribution < 1.29 is 9.13 Å². The Morgan fingerprint density at radius 3 is 2.83 bits per heavy atom. The minimum atomic E-state index is -0.181. The van der Waals surface area contributed by atoms with E-state index in [9.17, 15) is 4.39 Å². The Balaban J connectivity index is 2.31. The Kier molecular flexibility index (Phi) is 3.88. The van der Waals surface area contributed by atoms with Crippen LogP contribution in [0.4, 0.5) is 10.1 Å². The van der Waals surface area contributed by atoms with Crippen molar-refractivity contribution in [3.05, 3.63) is 29.6 Å². The minimum Gasteiger partial charge on any atom is -0.377 e. The molecular weight excluding hydrogens is 231 g/mol. The molecule has 0 radical (unpaired) electrons. The van der Waals surface area contributed by atoms with E-state index in [1.165, 1.54) is 0 Å². The monoisotopic (exact) mass is 252 g/mol. The number of hydrogen-bond acceptors (Lipinski definition) is 3. The second-order valence-electron chi connectivity index (χ2n) is 5.36. The summed E-state index contributed by atoms with van der Waals surface area (Å²) in [5, 5.41) is 3.05. The van der Waals surface area contributed by atoms with Crippen LogP contribution >= 0.6 is 0 Å². The quantitative estimate of drug-likeness (QED) is 0.892. The molecule has 0 saturated carbocycles. The van der Waals surface area contributed by atoms with Crippen LogP contribution in [0.2, 0.25) is 0 Å².